The first kappa shape index (κ1) is 73.4. The zero-order valence-corrected chi connectivity index (χ0v) is 56.3. The molecular weight excluding hydrogens is 1320 g/mol. The lowest BCUT2D eigenvalue weighted by molar-refractivity contribution is -0.146. The van der Waals surface area contributed by atoms with E-state index in [2.05, 4.69) is 68.5 Å². The SMILES string of the molecule is C[C@@H]1NC(=O)CCSCc2cccc(c2)CSCCNC(=O)[C@]2(C)CCCN2C(=O)[C@H](Cc2ccc(O)cc2)NC(=O)[C@H](Cc2cnc[nH]2)NC(=O)[C@H](CC(=O)O)NC(=O)[C@H](Cc2c[nH]c3ccc(F)cc23)NC(=O)[C@H](Cc2c[nH]c3ccc(F)cc23)NC(=O)[C@@H](CCCCN)NC1=O. The molecule has 1 saturated heterocycles. The highest BCUT2D eigenvalue weighted by atomic mass is 32.2. The molecule has 2 bridgehead atoms. The maximum atomic E-state index is 15.2. The smallest absolute Gasteiger partial charge is 0.305 e. The normalized spacial score (nSPS) is 23.0. The molecule has 4 aromatic carbocycles. The number of carbonyl (C=O) groups excluding carboxylic acids is 9. The highest BCUT2D eigenvalue weighted by Crippen LogP contribution is 2.31. The number of hydrogen-bond acceptors (Lipinski definition) is 15. The van der Waals surface area contributed by atoms with Gasteiger partial charge in [0.15, 0.2) is 0 Å². The van der Waals surface area contributed by atoms with Gasteiger partial charge in [-0.25, -0.2) is 13.8 Å². The summed E-state index contributed by atoms with van der Waals surface area (Å²) in [5.74, 6) is -8.32. The van der Waals surface area contributed by atoms with Crippen LogP contribution >= 0.6 is 23.5 Å². The van der Waals surface area contributed by atoms with Crippen LogP contribution in [0.15, 0.2) is 110 Å². The first-order valence-electron chi connectivity index (χ1n) is 32.7. The minimum absolute atomic E-state index is 0.00696. The van der Waals surface area contributed by atoms with E-state index >= 15 is 14.4 Å². The number of phenolic OH excluding ortho intramolecular Hbond substituents is 1. The second kappa shape index (κ2) is 34.6. The molecule has 1 fully saturated rings. The first-order chi connectivity index (χ1) is 47.5. The van der Waals surface area contributed by atoms with Crippen LogP contribution in [0.25, 0.3) is 21.8 Å². The van der Waals surface area contributed by atoms with Gasteiger partial charge in [-0.05, 0) is 129 Å². The Morgan fingerprint density at radius 3 is 1.79 bits per heavy atom. The number of H-pyrrole nitrogens is 3. The van der Waals surface area contributed by atoms with Gasteiger partial charge < -0.3 is 78.3 Å². The van der Waals surface area contributed by atoms with Crippen molar-refractivity contribution in [2.75, 3.05) is 31.1 Å². The van der Waals surface area contributed by atoms with E-state index < -0.39 is 131 Å². The van der Waals surface area contributed by atoms with Gasteiger partial charge in [-0.3, -0.25) is 47.9 Å². The van der Waals surface area contributed by atoms with Crippen molar-refractivity contribution in [2.24, 2.45) is 5.73 Å². The van der Waals surface area contributed by atoms with E-state index in [9.17, 15) is 52.6 Å². The number of carboxylic acids is 1. The number of halogens is 2. The van der Waals surface area contributed by atoms with Gasteiger partial charge in [0.25, 0.3) is 0 Å². The van der Waals surface area contributed by atoms with Gasteiger partial charge in [-0.2, -0.15) is 23.5 Å². The number of aliphatic carboxylic acids is 1. The van der Waals surface area contributed by atoms with Crippen LogP contribution in [0.3, 0.4) is 0 Å². The van der Waals surface area contributed by atoms with E-state index in [0.717, 1.165) is 11.1 Å². The number of thioether (sulfide) groups is 2. The molecule has 0 spiro atoms. The van der Waals surface area contributed by atoms with Crippen molar-refractivity contribution in [1.29, 1.82) is 0 Å². The number of imidazole rings is 1. The lowest BCUT2D eigenvalue weighted by Crippen LogP contribution is -2.62. The van der Waals surface area contributed by atoms with Gasteiger partial charge >= 0.3 is 5.97 Å². The number of hydrogen-bond donors (Lipinski definition) is 14. The van der Waals surface area contributed by atoms with E-state index in [-0.39, 0.29) is 74.9 Å². The summed E-state index contributed by atoms with van der Waals surface area (Å²) in [7, 11) is 0. The molecule has 3 aromatic heterocycles. The van der Waals surface area contributed by atoms with Crippen LogP contribution in [0.5, 0.6) is 5.75 Å². The Balaban J connectivity index is 1.06. The number of fused-ring (bicyclic) bond motifs is 5. The second-order valence-electron chi connectivity index (χ2n) is 24.9. The molecule has 26 nitrogen and oxygen atoms in total. The van der Waals surface area contributed by atoms with Crippen LogP contribution in [-0.2, 0) is 85.1 Å². The average molecular weight is 1400 g/mol. The summed E-state index contributed by atoms with van der Waals surface area (Å²) in [5.41, 5.74) is 8.78. The predicted octanol–water partition coefficient (Wildman–Crippen LogP) is 3.71. The largest absolute Gasteiger partial charge is 0.508 e. The van der Waals surface area contributed by atoms with Crippen molar-refractivity contribution >= 4 is 104 Å². The average Bonchev–Trinajstić information content (AvgIpc) is 1.69. The summed E-state index contributed by atoms with van der Waals surface area (Å²) in [4.78, 5) is 159. The molecule has 7 aromatic rings. The third-order valence-electron chi connectivity index (χ3n) is 17.5. The number of aromatic hydroxyl groups is 1. The van der Waals surface area contributed by atoms with E-state index in [1.807, 2.05) is 18.2 Å². The molecule has 0 saturated carbocycles. The number of aromatic amines is 3. The molecular formula is C69H82F2N14O12S2. The fraction of sp³-hybridized carbons (Fsp3) is 0.406. The molecule has 526 valence electrons. The van der Waals surface area contributed by atoms with Crippen molar-refractivity contribution in [3.8, 4) is 5.75 Å². The Kier molecular flexibility index (Phi) is 25.7. The van der Waals surface area contributed by atoms with Crippen LogP contribution in [0, 0.1) is 11.6 Å². The summed E-state index contributed by atoms with van der Waals surface area (Å²) in [5, 5.41) is 42.8. The summed E-state index contributed by atoms with van der Waals surface area (Å²) in [6.07, 6.45) is 4.70. The number of benzene rings is 4. The monoisotopic (exact) mass is 1400 g/mol. The molecule has 0 aliphatic carbocycles. The molecule has 2 aliphatic heterocycles. The summed E-state index contributed by atoms with van der Waals surface area (Å²) in [6, 6.07) is 10.6. The quantitative estimate of drug-likeness (QED) is 0.0690. The number of nitrogens with two attached hydrogens (primary N) is 1. The number of nitrogens with one attached hydrogen (secondary N) is 11. The topological polar surface area (TPSA) is 397 Å². The second-order valence-corrected chi connectivity index (χ2v) is 27.1. The van der Waals surface area contributed by atoms with Crippen molar-refractivity contribution < 1.29 is 66.9 Å². The number of carboxylic acid groups (broad SMARTS) is 1. The van der Waals surface area contributed by atoms with Crippen molar-refractivity contribution in [2.45, 2.75) is 144 Å². The number of phenols is 1. The minimum Gasteiger partial charge on any atom is -0.508 e. The fourth-order valence-electron chi connectivity index (χ4n) is 12.1. The molecule has 5 heterocycles. The highest BCUT2D eigenvalue weighted by molar-refractivity contribution is 7.98. The van der Waals surface area contributed by atoms with Gasteiger partial charge in [0.2, 0.25) is 53.2 Å². The van der Waals surface area contributed by atoms with Gasteiger partial charge in [0, 0.05) is 114 Å². The molecule has 15 N–H and O–H groups in total. The van der Waals surface area contributed by atoms with Crippen molar-refractivity contribution in [3.05, 3.63) is 155 Å². The van der Waals surface area contributed by atoms with Crippen LogP contribution in [0.2, 0.25) is 0 Å². The molecule has 0 unspecified atom stereocenters. The molecule has 99 heavy (non-hydrogen) atoms. The predicted molar refractivity (Wildman–Crippen MR) is 368 cm³/mol. The van der Waals surface area contributed by atoms with Crippen LogP contribution in [0.4, 0.5) is 8.78 Å². The fourth-order valence-corrected chi connectivity index (χ4v) is 13.8. The number of aromatic nitrogens is 4. The van der Waals surface area contributed by atoms with Crippen molar-refractivity contribution in [3.63, 3.8) is 0 Å². The summed E-state index contributed by atoms with van der Waals surface area (Å²) < 4.78 is 29.9. The highest BCUT2D eigenvalue weighted by Gasteiger charge is 2.48. The lowest BCUT2D eigenvalue weighted by Gasteiger charge is -2.36. The molecule has 9 amide bonds. The van der Waals surface area contributed by atoms with Crippen LogP contribution < -0.4 is 48.3 Å². The number of unbranched alkanes of at least 4 members (excludes halogenated alkanes) is 1. The Hall–Kier alpha value is -9.81. The summed E-state index contributed by atoms with van der Waals surface area (Å²) >= 11 is 3.10. The zero-order valence-electron chi connectivity index (χ0n) is 54.7. The van der Waals surface area contributed by atoms with Crippen LogP contribution in [-0.4, -0.2) is 173 Å². The van der Waals surface area contributed by atoms with Gasteiger partial charge in [0.1, 0.15) is 65.2 Å². The Morgan fingerprint density at radius 2 is 1.20 bits per heavy atom. The van der Waals surface area contributed by atoms with Gasteiger partial charge in [-0.1, -0.05) is 36.4 Å². The third kappa shape index (κ3) is 20.2. The van der Waals surface area contributed by atoms with E-state index in [1.165, 1.54) is 97.0 Å². The maximum absolute atomic E-state index is 15.2. The maximum Gasteiger partial charge on any atom is 0.305 e. The standard InChI is InChI=1S/C69H82F2N14O12S2/c1-39-61(90)79-53(9-3-4-20-72)62(91)80-54(27-43-33-75-51-16-12-45(70)29-49(43)51)63(92)81-55(28-44-34-76-52-17-13-46(71)30-50(44)52)64(93)83-57(32-60(88)89)66(95)82-56(31-47-35-73-38-77-47)65(94)84-58(26-40-10-14-48(86)15-11-40)67(96)85-22-6-19-69(85,2)68(97)74-21-24-99-37-42-8-5-7-41(25-42)36-98-23-18-59(87)78-39/h5,7-8,10-17,25,29-30,33-35,38-39,53-58,75-76,86H,3-4,6,9,18-24,26-28,31-32,36-37,72H2,1-2H3,(H,73,77)(H,74,97)(H,78,87)(H,79,90)(H,80,91)(H,81,92)(H,82,95)(H,83,93)(H,84,94)(H,88,89)/t39-,53+,54-,55-,56-,57-,58-,69-/m0/s1. The molecule has 0 radical (unpaired) electrons. The zero-order chi connectivity index (χ0) is 70.8. The number of amides is 9. The van der Waals surface area contributed by atoms with E-state index in [0.29, 0.717) is 75.5 Å². The molecule has 8 atom stereocenters. The third-order valence-corrected chi connectivity index (χ3v) is 19.5. The Morgan fingerprint density at radius 1 is 0.646 bits per heavy atom. The van der Waals surface area contributed by atoms with E-state index in [4.69, 9.17) is 5.73 Å². The Bertz CT molecular complexity index is 4040. The number of rotatable bonds is 14. The number of carbonyl (C=O) groups is 10. The van der Waals surface area contributed by atoms with Gasteiger partial charge in [0.05, 0.1) is 12.7 Å². The molecule has 30 heteroatoms. The lowest BCUT2D eigenvalue weighted by atomic mass is 9.95. The molecule has 9 rings (SSSR count). The van der Waals surface area contributed by atoms with Crippen LogP contribution in [0.1, 0.15) is 92.3 Å². The summed E-state index contributed by atoms with van der Waals surface area (Å²) in [6.45, 7) is 3.73. The minimum atomic E-state index is -2.02. The van der Waals surface area contributed by atoms with Crippen molar-refractivity contribution in [1.82, 2.24) is 67.4 Å². The van der Waals surface area contributed by atoms with Gasteiger partial charge in [-0.15, -0.1) is 0 Å². The van der Waals surface area contributed by atoms with E-state index in [1.54, 1.807) is 30.8 Å². The number of nitrogens with zero attached hydrogens (tertiary/aromatic N) is 2. The first-order valence-corrected chi connectivity index (χ1v) is 35.0. The molecule has 2 aliphatic rings. The Labute approximate surface area is 577 Å².